The molecule has 1 heterocycles. The third-order valence-electron chi connectivity index (χ3n) is 4.45. The lowest BCUT2D eigenvalue weighted by molar-refractivity contribution is 0.251. The molecule has 1 saturated heterocycles. The summed E-state index contributed by atoms with van der Waals surface area (Å²) in [5.74, 6) is 0. The third-order valence-corrected chi connectivity index (χ3v) is 6.76. The fourth-order valence-corrected chi connectivity index (χ4v) is 5.37. The minimum atomic E-state index is -3.07. The van der Waals surface area contributed by atoms with Crippen molar-refractivity contribution in [1.82, 2.24) is 4.90 Å². The molecule has 0 spiro atoms. The van der Waals surface area contributed by atoms with E-state index in [0.717, 1.165) is 25.9 Å². The van der Waals surface area contributed by atoms with Crippen molar-refractivity contribution in [2.45, 2.75) is 37.8 Å². The highest BCUT2D eigenvalue weighted by Gasteiger charge is 2.37. The summed E-state index contributed by atoms with van der Waals surface area (Å²) in [6.07, 6.45) is 5.55. The van der Waals surface area contributed by atoms with Crippen LogP contribution in [0.4, 0.5) is 0 Å². The van der Waals surface area contributed by atoms with Crippen LogP contribution in [-0.4, -0.2) is 34.8 Å². The van der Waals surface area contributed by atoms with Gasteiger partial charge in [-0.15, -0.1) is 0 Å². The molecule has 104 valence electrons. The maximum atomic E-state index is 12.7. The van der Waals surface area contributed by atoms with Gasteiger partial charge in [-0.05, 0) is 49.9 Å². The Labute approximate surface area is 115 Å². The summed E-state index contributed by atoms with van der Waals surface area (Å²) in [7, 11) is -3.07. The first-order valence-electron chi connectivity index (χ1n) is 7.26. The van der Waals surface area contributed by atoms with E-state index in [4.69, 9.17) is 0 Å². The van der Waals surface area contributed by atoms with Gasteiger partial charge in [-0.3, -0.25) is 9.46 Å². The Balaban J connectivity index is 1.67. The van der Waals surface area contributed by atoms with Gasteiger partial charge in [-0.25, -0.2) is 0 Å². The van der Waals surface area contributed by atoms with Crippen LogP contribution in [0.2, 0.25) is 0 Å². The van der Waals surface area contributed by atoms with Gasteiger partial charge in [0.1, 0.15) is 0 Å². The van der Waals surface area contributed by atoms with Crippen LogP contribution >= 0.6 is 7.37 Å². The van der Waals surface area contributed by atoms with Gasteiger partial charge in [0.15, 0.2) is 0 Å². The topological polar surface area (TPSA) is 40.5 Å². The summed E-state index contributed by atoms with van der Waals surface area (Å²) in [4.78, 5) is 12.6. The molecule has 1 aromatic carbocycles. The first-order valence-corrected chi connectivity index (χ1v) is 9.17. The standard InChI is InChI=1S/C15H22NO2P/c17-19(18,12-16-8-4-1-5-9-16)15-10-13-6-2-3-7-14(13)11-15/h2-3,6-7,15H,1,4-5,8-12H2,(H,17,18). The number of fused-ring (bicyclic) bond motifs is 1. The molecule has 1 fully saturated rings. The van der Waals surface area contributed by atoms with Crippen LogP contribution in [0.25, 0.3) is 0 Å². The molecule has 0 bridgehead atoms. The summed E-state index contributed by atoms with van der Waals surface area (Å²) in [6.45, 7) is 1.98. The summed E-state index contributed by atoms with van der Waals surface area (Å²) in [5.41, 5.74) is 2.47. The lowest BCUT2D eigenvalue weighted by Crippen LogP contribution is -2.32. The second-order valence-corrected chi connectivity index (χ2v) is 8.43. The summed E-state index contributed by atoms with van der Waals surface area (Å²) in [6, 6.07) is 8.23. The van der Waals surface area contributed by atoms with Crippen molar-refractivity contribution in [3.05, 3.63) is 35.4 Å². The largest absolute Gasteiger partial charge is 0.343 e. The van der Waals surface area contributed by atoms with Crippen LogP contribution in [0.15, 0.2) is 24.3 Å². The lowest BCUT2D eigenvalue weighted by atomic mass is 10.1. The average molecular weight is 279 g/mol. The number of hydrogen-bond donors (Lipinski definition) is 1. The van der Waals surface area contributed by atoms with Crippen molar-refractivity contribution in [1.29, 1.82) is 0 Å². The molecule has 0 aromatic heterocycles. The number of benzene rings is 1. The fourth-order valence-electron chi connectivity index (χ4n) is 3.32. The van der Waals surface area contributed by atoms with Crippen LogP contribution in [0.3, 0.4) is 0 Å². The van der Waals surface area contributed by atoms with E-state index in [1.54, 1.807) is 0 Å². The van der Waals surface area contributed by atoms with Crippen LogP contribution in [0.5, 0.6) is 0 Å². The number of hydrogen-bond acceptors (Lipinski definition) is 2. The molecule has 1 aliphatic carbocycles. The van der Waals surface area contributed by atoms with Crippen molar-refractivity contribution in [2.24, 2.45) is 0 Å². The molecule has 1 aliphatic heterocycles. The van der Waals surface area contributed by atoms with Crippen molar-refractivity contribution >= 4 is 7.37 Å². The van der Waals surface area contributed by atoms with E-state index >= 15 is 0 Å². The lowest BCUT2D eigenvalue weighted by Gasteiger charge is -2.30. The summed E-state index contributed by atoms with van der Waals surface area (Å²) in [5, 5.41) is 0. The van der Waals surface area contributed by atoms with Gasteiger partial charge in [0.25, 0.3) is 0 Å². The Kier molecular flexibility index (Phi) is 3.79. The molecule has 0 saturated carbocycles. The minimum absolute atomic E-state index is 0.0631. The van der Waals surface area contributed by atoms with Gasteiger partial charge in [-0.1, -0.05) is 30.7 Å². The van der Waals surface area contributed by atoms with Crippen LogP contribution in [0.1, 0.15) is 30.4 Å². The normalized spacial score (nSPS) is 24.1. The maximum Gasteiger partial charge on any atom is 0.217 e. The van der Waals surface area contributed by atoms with Crippen molar-refractivity contribution in [3.8, 4) is 0 Å². The molecular weight excluding hydrogens is 257 g/mol. The highest BCUT2D eigenvalue weighted by Crippen LogP contribution is 2.52. The van der Waals surface area contributed by atoms with Gasteiger partial charge in [0, 0.05) is 5.66 Å². The monoisotopic (exact) mass is 279 g/mol. The predicted molar refractivity (Wildman–Crippen MR) is 77.8 cm³/mol. The minimum Gasteiger partial charge on any atom is -0.343 e. The summed E-state index contributed by atoms with van der Waals surface area (Å²) < 4.78 is 12.7. The van der Waals surface area contributed by atoms with Crippen molar-refractivity contribution in [2.75, 3.05) is 19.4 Å². The van der Waals surface area contributed by atoms with Crippen molar-refractivity contribution in [3.63, 3.8) is 0 Å². The molecule has 0 amide bonds. The number of nitrogens with zero attached hydrogens (tertiary/aromatic N) is 1. The molecule has 0 radical (unpaired) electrons. The Bertz CT molecular complexity index is 472. The van der Waals surface area contributed by atoms with E-state index in [1.807, 2.05) is 12.1 Å². The molecule has 1 aromatic rings. The number of likely N-dealkylation sites (tertiary alicyclic amines) is 1. The second kappa shape index (κ2) is 5.40. The van der Waals surface area contributed by atoms with Gasteiger partial charge in [0.05, 0.1) is 6.29 Å². The zero-order valence-corrected chi connectivity index (χ0v) is 12.2. The van der Waals surface area contributed by atoms with E-state index in [9.17, 15) is 9.46 Å². The zero-order chi connectivity index (χ0) is 13.3. The quantitative estimate of drug-likeness (QED) is 0.865. The highest BCUT2D eigenvalue weighted by molar-refractivity contribution is 7.58. The number of piperidine rings is 1. The van der Waals surface area contributed by atoms with E-state index in [1.165, 1.54) is 30.4 Å². The van der Waals surface area contributed by atoms with Gasteiger partial charge < -0.3 is 4.89 Å². The summed E-state index contributed by atoms with van der Waals surface area (Å²) >= 11 is 0. The molecule has 1 N–H and O–H groups in total. The SMILES string of the molecule is O=P(O)(CN1CCCCC1)C1Cc2ccccc2C1. The Morgan fingerprint density at radius 1 is 1.11 bits per heavy atom. The molecule has 3 rings (SSSR count). The first kappa shape index (κ1) is 13.4. The van der Waals surface area contributed by atoms with Gasteiger partial charge in [0.2, 0.25) is 7.37 Å². The average Bonchev–Trinajstić information content (AvgIpc) is 2.84. The van der Waals surface area contributed by atoms with Gasteiger partial charge in [-0.2, -0.15) is 0 Å². The smallest absolute Gasteiger partial charge is 0.217 e. The zero-order valence-electron chi connectivity index (χ0n) is 11.3. The van der Waals surface area contributed by atoms with Crippen molar-refractivity contribution < 1.29 is 9.46 Å². The highest BCUT2D eigenvalue weighted by atomic mass is 31.2. The van der Waals surface area contributed by atoms with E-state index in [-0.39, 0.29) is 5.66 Å². The molecule has 3 nitrogen and oxygen atoms in total. The van der Waals surface area contributed by atoms with E-state index < -0.39 is 7.37 Å². The molecule has 19 heavy (non-hydrogen) atoms. The molecule has 4 heteroatoms. The van der Waals surface area contributed by atoms with Crippen LogP contribution in [0, 0.1) is 0 Å². The molecular formula is C15H22NO2P. The Morgan fingerprint density at radius 3 is 2.26 bits per heavy atom. The Hall–Kier alpha value is -0.630. The predicted octanol–water partition coefficient (Wildman–Crippen LogP) is 2.87. The van der Waals surface area contributed by atoms with E-state index in [2.05, 4.69) is 17.0 Å². The Morgan fingerprint density at radius 2 is 1.68 bits per heavy atom. The van der Waals surface area contributed by atoms with Crippen LogP contribution < -0.4 is 0 Å². The first-order chi connectivity index (χ1) is 9.15. The third kappa shape index (κ3) is 2.94. The second-order valence-electron chi connectivity index (χ2n) is 5.91. The molecule has 2 aliphatic rings. The molecule has 1 unspecified atom stereocenters. The maximum absolute atomic E-state index is 12.7. The fraction of sp³-hybridized carbons (Fsp3) is 0.600. The molecule has 1 atom stereocenters. The van der Waals surface area contributed by atoms with Gasteiger partial charge >= 0.3 is 0 Å². The van der Waals surface area contributed by atoms with E-state index in [0.29, 0.717) is 6.29 Å². The van der Waals surface area contributed by atoms with Crippen LogP contribution in [-0.2, 0) is 17.4 Å². The number of rotatable bonds is 3.